The van der Waals surface area contributed by atoms with Crippen molar-refractivity contribution in [2.75, 3.05) is 6.61 Å². The van der Waals surface area contributed by atoms with Crippen molar-refractivity contribution >= 4 is 8.25 Å². The zero-order chi connectivity index (χ0) is 14.9. The van der Waals surface area contributed by atoms with Crippen molar-refractivity contribution in [3.63, 3.8) is 0 Å². The maximum absolute atomic E-state index is 10.3. The van der Waals surface area contributed by atoms with Gasteiger partial charge >= 0.3 is 59.6 Å². The fraction of sp³-hybridized carbons (Fsp3) is 1.00. The summed E-state index contributed by atoms with van der Waals surface area (Å²) in [6, 6.07) is 0. The SMILES string of the molecule is CCCCCCCCCCCCCCCCO[P+](=O)O.[H-].[K+]. The molecule has 3 nitrogen and oxygen atoms in total. The van der Waals surface area contributed by atoms with Gasteiger partial charge in [-0.1, -0.05) is 90.4 Å². The zero-order valence-corrected chi connectivity index (χ0v) is 18.3. The standard InChI is InChI=1S/C16H33O3P.K.H/c1-2-3-4-5-6-7-8-9-10-11-12-13-14-15-16-19-20(17)18;;/h2-16H2,1H3;;/q;+1;-1/p+1. The van der Waals surface area contributed by atoms with Gasteiger partial charge in [-0.15, -0.1) is 9.42 Å². The number of unbranched alkanes of at least 4 members (excludes halogenated alkanes) is 13. The Labute approximate surface area is 176 Å². The Morgan fingerprint density at radius 2 is 1.10 bits per heavy atom. The van der Waals surface area contributed by atoms with Gasteiger partial charge in [0.05, 0.1) is 0 Å². The van der Waals surface area contributed by atoms with E-state index in [2.05, 4.69) is 11.4 Å². The average molecular weight is 346 g/mol. The van der Waals surface area contributed by atoms with E-state index in [1.807, 2.05) is 0 Å². The van der Waals surface area contributed by atoms with Crippen LogP contribution in [0, 0.1) is 0 Å². The molecule has 0 aromatic rings. The van der Waals surface area contributed by atoms with Gasteiger partial charge < -0.3 is 1.43 Å². The molecule has 5 heteroatoms. The predicted molar refractivity (Wildman–Crippen MR) is 87.2 cm³/mol. The fourth-order valence-corrected chi connectivity index (χ4v) is 2.72. The van der Waals surface area contributed by atoms with Gasteiger partial charge in [-0.05, 0) is 6.42 Å². The second-order valence-corrected chi connectivity index (χ2v) is 6.40. The Morgan fingerprint density at radius 1 is 0.762 bits per heavy atom. The van der Waals surface area contributed by atoms with Gasteiger partial charge in [0.1, 0.15) is 6.61 Å². The molecule has 0 saturated carbocycles. The molecule has 1 N–H and O–H groups in total. The summed E-state index contributed by atoms with van der Waals surface area (Å²) in [6.45, 7) is 2.69. The second kappa shape index (κ2) is 21.7. The van der Waals surface area contributed by atoms with E-state index in [4.69, 9.17) is 4.89 Å². The normalized spacial score (nSPS) is 11.2. The summed E-state index contributed by atoms with van der Waals surface area (Å²) in [5.74, 6) is 0. The van der Waals surface area contributed by atoms with Gasteiger partial charge in [-0.2, -0.15) is 0 Å². The van der Waals surface area contributed by atoms with Crippen LogP contribution in [0.2, 0.25) is 0 Å². The van der Waals surface area contributed by atoms with Crippen molar-refractivity contribution in [1.29, 1.82) is 0 Å². The van der Waals surface area contributed by atoms with Crippen LogP contribution in [0.25, 0.3) is 0 Å². The summed E-state index contributed by atoms with van der Waals surface area (Å²) < 4.78 is 14.9. The monoisotopic (exact) mass is 345 g/mol. The molecule has 0 aliphatic rings. The van der Waals surface area contributed by atoms with E-state index >= 15 is 0 Å². The Bertz CT molecular complexity index is 222. The van der Waals surface area contributed by atoms with Crippen LogP contribution in [0.1, 0.15) is 98.2 Å². The molecule has 21 heavy (non-hydrogen) atoms. The van der Waals surface area contributed by atoms with E-state index in [-0.39, 0.29) is 52.8 Å². The zero-order valence-electron chi connectivity index (χ0n) is 15.3. The molecule has 0 aliphatic carbocycles. The quantitative estimate of drug-likeness (QED) is 0.265. The van der Waals surface area contributed by atoms with E-state index in [1.165, 1.54) is 77.0 Å². The summed E-state index contributed by atoms with van der Waals surface area (Å²) in [4.78, 5) is 8.44. The molecule has 0 bridgehead atoms. The number of hydrogen-bond acceptors (Lipinski definition) is 2. The molecule has 122 valence electrons. The predicted octanol–water partition coefficient (Wildman–Crippen LogP) is 3.25. The minimum absolute atomic E-state index is 0. The molecular formula is C16H35KO3P+. The summed E-state index contributed by atoms with van der Waals surface area (Å²) in [5.41, 5.74) is 0. The first-order valence-electron chi connectivity index (χ1n) is 8.56. The first kappa shape index (κ1) is 24.9. The topological polar surface area (TPSA) is 46.5 Å². The van der Waals surface area contributed by atoms with Crippen LogP contribution in [-0.2, 0) is 9.09 Å². The van der Waals surface area contributed by atoms with E-state index < -0.39 is 8.25 Å². The van der Waals surface area contributed by atoms with E-state index in [0.29, 0.717) is 6.61 Å². The molecule has 0 aliphatic heterocycles. The molecule has 0 aromatic carbocycles. The first-order valence-corrected chi connectivity index (χ1v) is 9.69. The van der Waals surface area contributed by atoms with Crippen LogP contribution in [-0.4, -0.2) is 11.5 Å². The van der Waals surface area contributed by atoms with Crippen LogP contribution in [0.5, 0.6) is 0 Å². The van der Waals surface area contributed by atoms with Gasteiger partial charge in [0.2, 0.25) is 0 Å². The minimum atomic E-state index is -2.39. The molecule has 0 spiro atoms. The fourth-order valence-electron chi connectivity index (χ4n) is 2.44. The smallest absolute Gasteiger partial charge is 1.00 e. The Kier molecular flexibility index (Phi) is 25.7. The third-order valence-electron chi connectivity index (χ3n) is 3.70. The van der Waals surface area contributed by atoms with E-state index in [9.17, 15) is 4.57 Å². The molecule has 1 unspecified atom stereocenters. The van der Waals surface area contributed by atoms with Crippen molar-refractivity contribution < 1.29 is 66.8 Å². The molecule has 0 rings (SSSR count). The maximum atomic E-state index is 10.3. The Morgan fingerprint density at radius 3 is 1.43 bits per heavy atom. The van der Waals surface area contributed by atoms with Crippen molar-refractivity contribution in [2.24, 2.45) is 0 Å². The van der Waals surface area contributed by atoms with Crippen LogP contribution in [0.3, 0.4) is 0 Å². The third kappa shape index (κ3) is 24.0. The van der Waals surface area contributed by atoms with Gasteiger partial charge in [-0.3, -0.25) is 0 Å². The molecule has 0 radical (unpaired) electrons. The summed E-state index contributed by atoms with van der Waals surface area (Å²) >= 11 is 0. The third-order valence-corrected chi connectivity index (χ3v) is 4.10. The van der Waals surface area contributed by atoms with Gasteiger partial charge in [-0.25, -0.2) is 0 Å². The van der Waals surface area contributed by atoms with E-state index in [0.717, 1.165) is 12.8 Å². The molecule has 0 amide bonds. The van der Waals surface area contributed by atoms with Gasteiger partial charge in [0.25, 0.3) is 0 Å². The van der Waals surface area contributed by atoms with Crippen molar-refractivity contribution in [3.05, 3.63) is 0 Å². The molecule has 0 saturated heterocycles. The maximum Gasteiger partial charge on any atom is 1.00 e. The van der Waals surface area contributed by atoms with Gasteiger partial charge in [0.15, 0.2) is 0 Å². The summed E-state index contributed by atoms with van der Waals surface area (Å²) in [5, 5.41) is 0. The van der Waals surface area contributed by atoms with Crippen molar-refractivity contribution in [3.8, 4) is 0 Å². The largest absolute Gasteiger partial charge is 1.00 e. The molecule has 0 fully saturated rings. The molecule has 0 aromatic heterocycles. The number of rotatable bonds is 16. The molecule has 0 heterocycles. The number of hydrogen-bond donors (Lipinski definition) is 1. The first-order chi connectivity index (χ1) is 9.77. The Hall–Kier alpha value is 1.66. The van der Waals surface area contributed by atoms with Crippen LogP contribution in [0.15, 0.2) is 0 Å². The van der Waals surface area contributed by atoms with Crippen LogP contribution in [0.4, 0.5) is 0 Å². The summed E-state index contributed by atoms with van der Waals surface area (Å²) in [6.07, 6.45) is 18.5. The van der Waals surface area contributed by atoms with Crippen molar-refractivity contribution in [2.45, 2.75) is 96.8 Å². The van der Waals surface area contributed by atoms with Crippen LogP contribution < -0.4 is 51.4 Å². The molecular weight excluding hydrogens is 310 g/mol. The molecule has 1 atom stereocenters. The van der Waals surface area contributed by atoms with E-state index in [1.54, 1.807) is 0 Å². The summed E-state index contributed by atoms with van der Waals surface area (Å²) in [7, 11) is -2.39. The van der Waals surface area contributed by atoms with Crippen LogP contribution >= 0.6 is 8.25 Å². The van der Waals surface area contributed by atoms with Crippen molar-refractivity contribution in [1.82, 2.24) is 0 Å². The van der Waals surface area contributed by atoms with Gasteiger partial charge in [0, 0.05) is 4.57 Å². The Balaban J connectivity index is -0.00000180. The minimum Gasteiger partial charge on any atom is -1.00 e. The second-order valence-electron chi connectivity index (χ2n) is 5.67. The average Bonchev–Trinajstić information content (AvgIpc) is 2.43.